The molecule has 2 atom stereocenters. The standard InChI is InChI=1S/C36H44F4N2O4Si/c1-34(2,3)46-33(44)41-31-20-18-27(42(32(31)43)24-25-23-26(36(38,39)40)17-19-30(25)37)21-22-45-47(35(4,5)6,28-13-9-7-10-14-28)29-15-11-8-12-16-29/h7-17,19,23,27,31H,18,20-22,24H2,1-6H3,(H,41,44)/t27-,31+/m0/s1. The number of alkyl halides is 3. The summed E-state index contributed by atoms with van der Waals surface area (Å²) < 4.78 is 68.0. The molecule has 3 aromatic rings. The van der Waals surface area contributed by atoms with Gasteiger partial charge in [-0.25, -0.2) is 9.18 Å². The maximum atomic E-state index is 15.0. The molecule has 4 rings (SSSR count). The summed E-state index contributed by atoms with van der Waals surface area (Å²) in [6.45, 7) is 11.4. The fourth-order valence-corrected chi connectivity index (χ4v) is 10.9. The lowest BCUT2D eigenvalue weighted by Gasteiger charge is -2.44. The van der Waals surface area contributed by atoms with Crippen molar-refractivity contribution in [2.75, 3.05) is 6.61 Å². The van der Waals surface area contributed by atoms with E-state index in [0.29, 0.717) is 18.9 Å². The van der Waals surface area contributed by atoms with Gasteiger partial charge in [0.1, 0.15) is 17.5 Å². The Morgan fingerprint density at radius 1 is 0.894 bits per heavy atom. The molecular formula is C36H44F4N2O4Si. The molecule has 0 bridgehead atoms. The van der Waals surface area contributed by atoms with Crippen LogP contribution in [0.1, 0.15) is 71.9 Å². The summed E-state index contributed by atoms with van der Waals surface area (Å²) in [6.07, 6.45) is -4.41. The number of alkyl carbamates (subject to hydrolysis) is 1. The Morgan fingerprint density at radius 3 is 1.98 bits per heavy atom. The number of amides is 2. The Balaban J connectivity index is 1.65. The number of hydrogen-bond donors (Lipinski definition) is 1. The number of carbonyl (C=O) groups is 2. The number of carbonyl (C=O) groups excluding carboxylic acids is 2. The van der Waals surface area contributed by atoms with Crippen LogP contribution in [0.4, 0.5) is 22.4 Å². The van der Waals surface area contributed by atoms with E-state index in [0.717, 1.165) is 22.5 Å². The van der Waals surface area contributed by atoms with Gasteiger partial charge < -0.3 is 19.4 Å². The third kappa shape index (κ3) is 8.61. The molecule has 1 saturated heterocycles. The normalized spacial score (nSPS) is 17.8. The van der Waals surface area contributed by atoms with E-state index in [1.165, 1.54) is 4.90 Å². The van der Waals surface area contributed by atoms with Gasteiger partial charge in [0.05, 0.1) is 5.56 Å². The first-order valence-electron chi connectivity index (χ1n) is 15.8. The number of likely N-dealkylation sites (tertiary alicyclic amines) is 1. The summed E-state index contributed by atoms with van der Waals surface area (Å²) in [5.41, 5.74) is -2.07. The molecule has 1 aliphatic heterocycles. The van der Waals surface area contributed by atoms with Gasteiger partial charge in [-0.15, -0.1) is 0 Å². The van der Waals surface area contributed by atoms with Gasteiger partial charge in [0, 0.05) is 24.8 Å². The van der Waals surface area contributed by atoms with Crippen LogP contribution in [0.2, 0.25) is 5.04 Å². The molecule has 47 heavy (non-hydrogen) atoms. The van der Waals surface area contributed by atoms with Crippen LogP contribution in [0, 0.1) is 5.82 Å². The zero-order chi connectivity index (χ0) is 34.6. The molecule has 0 unspecified atom stereocenters. The summed E-state index contributed by atoms with van der Waals surface area (Å²) in [5, 5.41) is 4.49. The summed E-state index contributed by atoms with van der Waals surface area (Å²) >= 11 is 0. The molecule has 0 radical (unpaired) electrons. The van der Waals surface area contributed by atoms with Gasteiger partial charge in [-0.05, 0) is 73.6 Å². The van der Waals surface area contributed by atoms with Crippen molar-refractivity contribution in [2.24, 2.45) is 0 Å². The van der Waals surface area contributed by atoms with Crippen molar-refractivity contribution in [1.29, 1.82) is 0 Å². The number of nitrogens with one attached hydrogen (secondary N) is 1. The van der Waals surface area contributed by atoms with Crippen LogP contribution in [0.25, 0.3) is 0 Å². The minimum atomic E-state index is -4.68. The number of ether oxygens (including phenoxy) is 1. The highest BCUT2D eigenvalue weighted by molar-refractivity contribution is 6.99. The van der Waals surface area contributed by atoms with E-state index in [2.05, 4.69) is 50.4 Å². The van der Waals surface area contributed by atoms with Crippen molar-refractivity contribution in [3.63, 3.8) is 0 Å². The Morgan fingerprint density at radius 2 is 1.47 bits per heavy atom. The lowest BCUT2D eigenvalue weighted by molar-refractivity contribution is -0.140. The predicted octanol–water partition coefficient (Wildman–Crippen LogP) is 7.20. The van der Waals surface area contributed by atoms with Gasteiger partial charge in [0.25, 0.3) is 8.32 Å². The molecule has 1 heterocycles. The monoisotopic (exact) mass is 672 g/mol. The molecule has 254 valence electrons. The van der Waals surface area contributed by atoms with Crippen LogP contribution >= 0.6 is 0 Å². The van der Waals surface area contributed by atoms with Crippen molar-refractivity contribution in [1.82, 2.24) is 10.2 Å². The highest BCUT2D eigenvalue weighted by Crippen LogP contribution is 2.37. The third-order valence-electron chi connectivity index (χ3n) is 8.40. The van der Waals surface area contributed by atoms with Gasteiger partial charge in [-0.3, -0.25) is 4.79 Å². The zero-order valence-corrected chi connectivity index (χ0v) is 28.8. The Bertz CT molecular complexity index is 1480. The average Bonchev–Trinajstić information content (AvgIpc) is 2.98. The maximum absolute atomic E-state index is 15.0. The SMILES string of the molecule is CC(C)(C)OC(=O)N[C@@H]1CC[C@@H](CCO[Si](c2ccccc2)(c2ccccc2)C(C)(C)C)N(Cc2cc(C(F)(F)F)ccc2F)C1=O. The molecule has 3 aromatic carbocycles. The van der Waals surface area contributed by atoms with Gasteiger partial charge in [0.2, 0.25) is 5.91 Å². The van der Waals surface area contributed by atoms with E-state index in [1.54, 1.807) is 20.8 Å². The van der Waals surface area contributed by atoms with Gasteiger partial charge in [-0.2, -0.15) is 13.2 Å². The minimum absolute atomic E-state index is 0.247. The van der Waals surface area contributed by atoms with Gasteiger partial charge in [-0.1, -0.05) is 81.4 Å². The zero-order valence-electron chi connectivity index (χ0n) is 27.8. The van der Waals surface area contributed by atoms with Crippen molar-refractivity contribution in [3.05, 3.63) is 95.8 Å². The highest BCUT2D eigenvalue weighted by atomic mass is 28.4. The van der Waals surface area contributed by atoms with E-state index in [-0.39, 0.29) is 23.6 Å². The highest BCUT2D eigenvalue weighted by Gasteiger charge is 2.50. The van der Waals surface area contributed by atoms with E-state index < -0.39 is 62.1 Å². The quantitative estimate of drug-likeness (QED) is 0.193. The fraction of sp³-hybridized carbons (Fsp3) is 0.444. The number of piperidine rings is 1. The first-order valence-corrected chi connectivity index (χ1v) is 17.7. The van der Waals surface area contributed by atoms with E-state index in [9.17, 15) is 27.2 Å². The van der Waals surface area contributed by atoms with Gasteiger partial charge >= 0.3 is 12.3 Å². The largest absolute Gasteiger partial charge is 0.444 e. The van der Waals surface area contributed by atoms with E-state index in [1.807, 2.05) is 36.4 Å². The second-order valence-corrected chi connectivity index (χ2v) is 18.3. The second kappa shape index (κ2) is 14.2. The number of halogens is 4. The number of benzene rings is 3. The van der Waals surface area contributed by atoms with Crippen LogP contribution in [0.3, 0.4) is 0 Å². The Kier molecular flexibility index (Phi) is 10.9. The first-order chi connectivity index (χ1) is 21.9. The summed E-state index contributed by atoms with van der Waals surface area (Å²) in [4.78, 5) is 27.8. The van der Waals surface area contributed by atoms with Crippen LogP contribution in [-0.4, -0.2) is 49.5 Å². The van der Waals surface area contributed by atoms with Crippen LogP contribution < -0.4 is 15.7 Å². The summed E-state index contributed by atoms with van der Waals surface area (Å²) in [5.74, 6) is -1.37. The second-order valence-electron chi connectivity index (χ2n) is 14.0. The lowest BCUT2D eigenvalue weighted by atomic mass is 9.94. The number of nitrogens with zero attached hydrogens (tertiary/aromatic N) is 1. The predicted molar refractivity (Wildman–Crippen MR) is 176 cm³/mol. The molecular weight excluding hydrogens is 628 g/mol. The summed E-state index contributed by atoms with van der Waals surface area (Å²) in [6, 6.07) is 20.9. The fourth-order valence-electron chi connectivity index (χ4n) is 6.27. The average molecular weight is 673 g/mol. The Labute approximate surface area is 275 Å². The number of rotatable bonds is 9. The maximum Gasteiger partial charge on any atom is 0.416 e. The molecule has 11 heteroatoms. The topological polar surface area (TPSA) is 67.9 Å². The van der Waals surface area contributed by atoms with Crippen molar-refractivity contribution >= 4 is 30.7 Å². The molecule has 6 nitrogen and oxygen atoms in total. The van der Waals surface area contributed by atoms with Crippen molar-refractivity contribution in [2.45, 2.75) is 96.2 Å². The lowest BCUT2D eigenvalue weighted by Crippen LogP contribution is -2.66. The van der Waals surface area contributed by atoms with Crippen molar-refractivity contribution < 1.29 is 36.3 Å². The van der Waals surface area contributed by atoms with Crippen molar-refractivity contribution in [3.8, 4) is 0 Å². The first kappa shape index (κ1) is 36.1. The Hall–Kier alpha value is -3.70. The molecule has 0 aliphatic carbocycles. The summed E-state index contributed by atoms with van der Waals surface area (Å²) in [7, 11) is -2.90. The van der Waals surface area contributed by atoms with E-state index in [4.69, 9.17) is 9.16 Å². The molecule has 0 spiro atoms. The molecule has 1 fully saturated rings. The number of hydrogen-bond acceptors (Lipinski definition) is 4. The van der Waals surface area contributed by atoms with Crippen LogP contribution in [0.15, 0.2) is 78.9 Å². The van der Waals surface area contributed by atoms with Gasteiger partial charge in [0.15, 0.2) is 0 Å². The molecule has 2 amide bonds. The smallest absolute Gasteiger partial charge is 0.416 e. The molecule has 1 N–H and O–H groups in total. The molecule has 0 saturated carbocycles. The molecule has 0 aromatic heterocycles. The molecule has 1 aliphatic rings. The minimum Gasteiger partial charge on any atom is -0.444 e. The van der Waals surface area contributed by atoms with Crippen LogP contribution in [-0.2, 0) is 26.7 Å². The third-order valence-corrected chi connectivity index (χ3v) is 13.4. The van der Waals surface area contributed by atoms with E-state index >= 15 is 0 Å². The van der Waals surface area contributed by atoms with Crippen LogP contribution in [0.5, 0.6) is 0 Å².